The molecule has 2 saturated heterocycles. The van der Waals surface area contributed by atoms with Gasteiger partial charge < -0.3 is 9.64 Å². The van der Waals surface area contributed by atoms with Crippen molar-refractivity contribution in [3.05, 3.63) is 60.2 Å². The number of anilines is 1. The third-order valence-electron chi connectivity index (χ3n) is 5.33. The van der Waals surface area contributed by atoms with Crippen LogP contribution in [0.1, 0.15) is 18.4 Å². The summed E-state index contributed by atoms with van der Waals surface area (Å²) in [6.45, 7) is 2.91. The Morgan fingerprint density at radius 2 is 1.92 bits per heavy atom. The van der Waals surface area contributed by atoms with Gasteiger partial charge in [-0.05, 0) is 31.0 Å². The van der Waals surface area contributed by atoms with Crippen molar-refractivity contribution in [2.24, 2.45) is 0 Å². The lowest BCUT2D eigenvalue weighted by molar-refractivity contribution is -0.145. The highest BCUT2D eigenvalue weighted by atomic mass is 19.1. The van der Waals surface area contributed by atoms with Gasteiger partial charge in [0.05, 0.1) is 18.3 Å². The summed E-state index contributed by atoms with van der Waals surface area (Å²) < 4.78 is 19.8. The molecule has 0 bridgehead atoms. The summed E-state index contributed by atoms with van der Waals surface area (Å²) in [7, 11) is 0. The number of hydrogen-bond acceptors (Lipinski definition) is 4. The zero-order chi connectivity index (χ0) is 18.0. The quantitative estimate of drug-likeness (QED) is 0.849. The zero-order valence-electron chi connectivity index (χ0n) is 14.6. The number of amides is 1. The van der Waals surface area contributed by atoms with Crippen molar-refractivity contribution >= 4 is 11.6 Å². The van der Waals surface area contributed by atoms with Crippen LogP contribution < -0.4 is 4.90 Å². The fourth-order valence-corrected chi connectivity index (χ4v) is 3.75. The van der Waals surface area contributed by atoms with Crippen LogP contribution in [0.3, 0.4) is 0 Å². The Kier molecular flexibility index (Phi) is 4.70. The van der Waals surface area contributed by atoms with Crippen LogP contribution in [0.4, 0.5) is 10.1 Å². The molecule has 0 saturated carbocycles. The first-order chi connectivity index (χ1) is 12.7. The average Bonchev–Trinajstić information content (AvgIpc) is 2.68. The number of morpholine rings is 1. The molecule has 0 atom stereocenters. The van der Waals surface area contributed by atoms with Crippen molar-refractivity contribution in [2.75, 3.05) is 31.1 Å². The number of pyridine rings is 1. The topological polar surface area (TPSA) is 45.7 Å². The van der Waals surface area contributed by atoms with E-state index in [4.69, 9.17) is 4.74 Å². The van der Waals surface area contributed by atoms with Gasteiger partial charge >= 0.3 is 0 Å². The smallest absolute Gasteiger partial charge is 0.253 e. The van der Waals surface area contributed by atoms with E-state index in [9.17, 15) is 9.18 Å². The van der Waals surface area contributed by atoms with Crippen LogP contribution in [0.2, 0.25) is 0 Å². The number of carbonyl (C=O) groups excluding carboxylic acids is 1. The number of likely N-dealkylation sites (tertiary alicyclic amines) is 1. The van der Waals surface area contributed by atoms with Crippen molar-refractivity contribution in [3.63, 3.8) is 0 Å². The molecule has 1 aromatic carbocycles. The van der Waals surface area contributed by atoms with Crippen LogP contribution in [-0.2, 0) is 16.1 Å². The number of hydrogen-bond donors (Lipinski definition) is 0. The van der Waals surface area contributed by atoms with Crippen LogP contribution in [-0.4, -0.2) is 47.6 Å². The average molecular weight is 355 g/mol. The molecule has 2 aliphatic heterocycles. The van der Waals surface area contributed by atoms with E-state index in [0.717, 1.165) is 31.6 Å². The van der Waals surface area contributed by atoms with Gasteiger partial charge in [-0.2, -0.15) is 0 Å². The monoisotopic (exact) mass is 355 g/mol. The van der Waals surface area contributed by atoms with Gasteiger partial charge in [0.1, 0.15) is 12.4 Å². The second-order valence-electron chi connectivity index (χ2n) is 7.03. The standard InChI is InChI=1S/C20H22FN3O2/c21-18-12-22-9-6-16(18)13-23-10-7-20(8-11-23)15-24(19(25)14-26-20)17-4-2-1-3-5-17/h1-6,9,12H,7-8,10-11,13-15H2. The Morgan fingerprint density at radius 1 is 1.15 bits per heavy atom. The van der Waals surface area contributed by atoms with E-state index in [1.807, 2.05) is 35.2 Å². The third-order valence-corrected chi connectivity index (χ3v) is 5.33. The lowest BCUT2D eigenvalue weighted by Crippen LogP contribution is -2.58. The lowest BCUT2D eigenvalue weighted by Gasteiger charge is -2.47. The molecule has 4 rings (SSSR count). The first kappa shape index (κ1) is 17.1. The molecular formula is C20H22FN3O2. The molecular weight excluding hydrogens is 333 g/mol. The number of halogens is 1. The van der Waals surface area contributed by atoms with Gasteiger partial charge in [0, 0.05) is 37.1 Å². The molecule has 0 aliphatic carbocycles. The number of ether oxygens (including phenoxy) is 1. The molecule has 0 unspecified atom stereocenters. The van der Waals surface area contributed by atoms with E-state index in [1.54, 1.807) is 12.3 Å². The highest BCUT2D eigenvalue weighted by molar-refractivity contribution is 5.95. The van der Waals surface area contributed by atoms with E-state index < -0.39 is 0 Å². The van der Waals surface area contributed by atoms with Gasteiger partial charge in [0.15, 0.2) is 0 Å². The van der Waals surface area contributed by atoms with Crippen molar-refractivity contribution in [3.8, 4) is 0 Å². The minimum Gasteiger partial charge on any atom is -0.363 e. The normalized spacial score (nSPS) is 20.5. The van der Waals surface area contributed by atoms with Gasteiger partial charge in [-0.3, -0.25) is 14.7 Å². The second-order valence-corrected chi connectivity index (χ2v) is 7.03. The Balaban J connectivity index is 1.41. The van der Waals surface area contributed by atoms with E-state index >= 15 is 0 Å². The maximum absolute atomic E-state index is 13.8. The highest BCUT2D eigenvalue weighted by Crippen LogP contribution is 2.33. The molecule has 1 amide bonds. The maximum Gasteiger partial charge on any atom is 0.253 e. The summed E-state index contributed by atoms with van der Waals surface area (Å²) in [5.41, 5.74) is 1.28. The van der Waals surface area contributed by atoms with E-state index in [1.165, 1.54) is 6.20 Å². The Bertz CT molecular complexity index is 776. The van der Waals surface area contributed by atoms with Crippen molar-refractivity contribution in [1.29, 1.82) is 0 Å². The largest absolute Gasteiger partial charge is 0.363 e. The minimum absolute atomic E-state index is 0.00288. The SMILES string of the molecule is O=C1COC2(CCN(Cc3ccncc3F)CC2)CN1c1ccccc1. The predicted molar refractivity (Wildman–Crippen MR) is 96.2 cm³/mol. The number of para-hydroxylation sites is 1. The minimum atomic E-state index is -0.308. The Morgan fingerprint density at radius 3 is 2.65 bits per heavy atom. The van der Waals surface area contributed by atoms with Gasteiger partial charge in [0.25, 0.3) is 5.91 Å². The summed E-state index contributed by atoms with van der Waals surface area (Å²) in [4.78, 5) is 20.2. The van der Waals surface area contributed by atoms with Gasteiger partial charge in [-0.25, -0.2) is 4.39 Å². The summed E-state index contributed by atoms with van der Waals surface area (Å²) >= 11 is 0. The maximum atomic E-state index is 13.8. The summed E-state index contributed by atoms with van der Waals surface area (Å²) in [6.07, 6.45) is 4.54. The Labute approximate surface area is 152 Å². The van der Waals surface area contributed by atoms with E-state index in [0.29, 0.717) is 18.7 Å². The van der Waals surface area contributed by atoms with Crippen molar-refractivity contribution in [1.82, 2.24) is 9.88 Å². The first-order valence-electron chi connectivity index (χ1n) is 8.95. The molecule has 1 spiro atoms. The van der Waals surface area contributed by atoms with Gasteiger partial charge in [0.2, 0.25) is 0 Å². The summed E-state index contributed by atoms with van der Waals surface area (Å²) in [6, 6.07) is 11.5. The molecule has 26 heavy (non-hydrogen) atoms. The lowest BCUT2D eigenvalue weighted by atomic mass is 9.88. The zero-order valence-corrected chi connectivity index (χ0v) is 14.6. The van der Waals surface area contributed by atoms with Crippen LogP contribution in [0.5, 0.6) is 0 Å². The second kappa shape index (κ2) is 7.13. The molecule has 2 fully saturated rings. The fourth-order valence-electron chi connectivity index (χ4n) is 3.75. The Hall–Kier alpha value is -2.31. The number of carbonyl (C=O) groups is 1. The molecule has 0 radical (unpaired) electrons. The number of nitrogens with zero attached hydrogens (tertiary/aromatic N) is 3. The molecule has 3 heterocycles. The number of rotatable bonds is 3. The fraction of sp³-hybridized carbons (Fsp3) is 0.400. The van der Waals surface area contributed by atoms with Crippen molar-refractivity contribution in [2.45, 2.75) is 25.0 Å². The van der Waals surface area contributed by atoms with Crippen LogP contribution in [0, 0.1) is 5.82 Å². The molecule has 2 aliphatic rings. The van der Waals surface area contributed by atoms with E-state index in [-0.39, 0.29) is 23.9 Å². The number of benzene rings is 1. The molecule has 0 N–H and O–H groups in total. The number of aromatic nitrogens is 1. The molecule has 6 heteroatoms. The van der Waals surface area contributed by atoms with Crippen LogP contribution in [0.15, 0.2) is 48.8 Å². The molecule has 136 valence electrons. The third kappa shape index (κ3) is 3.48. The molecule has 1 aromatic heterocycles. The molecule has 5 nitrogen and oxygen atoms in total. The van der Waals surface area contributed by atoms with E-state index in [2.05, 4.69) is 9.88 Å². The first-order valence-corrected chi connectivity index (χ1v) is 8.95. The molecule has 2 aromatic rings. The predicted octanol–water partition coefficient (Wildman–Crippen LogP) is 2.62. The van der Waals surface area contributed by atoms with Crippen molar-refractivity contribution < 1.29 is 13.9 Å². The highest BCUT2D eigenvalue weighted by Gasteiger charge is 2.42. The number of piperidine rings is 1. The summed E-state index contributed by atoms with van der Waals surface area (Å²) in [5, 5.41) is 0. The van der Waals surface area contributed by atoms with Crippen LogP contribution in [0.25, 0.3) is 0 Å². The summed E-state index contributed by atoms with van der Waals surface area (Å²) in [5.74, 6) is -0.259. The van der Waals surface area contributed by atoms with Gasteiger partial charge in [-0.1, -0.05) is 18.2 Å². The van der Waals surface area contributed by atoms with Gasteiger partial charge in [-0.15, -0.1) is 0 Å². The van der Waals surface area contributed by atoms with Crippen LogP contribution >= 0.6 is 0 Å².